The third-order valence-electron chi connectivity index (χ3n) is 4.09. The summed E-state index contributed by atoms with van der Waals surface area (Å²) in [4.78, 5) is 18.6. The molecule has 0 radical (unpaired) electrons. The number of nitrogens with zero attached hydrogens (tertiary/aromatic N) is 3. The van der Waals surface area contributed by atoms with Gasteiger partial charge in [-0.05, 0) is 39.2 Å². The first-order valence-corrected chi connectivity index (χ1v) is 8.62. The van der Waals surface area contributed by atoms with Crippen molar-refractivity contribution in [3.8, 4) is 5.88 Å². The van der Waals surface area contributed by atoms with Crippen molar-refractivity contribution < 1.29 is 14.1 Å². The summed E-state index contributed by atoms with van der Waals surface area (Å²) in [6.07, 6.45) is 3.66. The molecule has 0 aromatic carbocycles. The highest BCUT2D eigenvalue weighted by molar-refractivity contribution is 5.75. The number of carbonyl (C=O) groups is 1. The Morgan fingerprint density at radius 1 is 1.48 bits per heavy atom. The molecule has 1 unspecified atom stereocenters. The van der Waals surface area contributed by atoms with Crippen molar-refractivity contribution in [3.63, 3.8) is 0 Å². The number of urea groups is 1. The van der Waals surface area contributed by atoms with Crippen LogP contribution in [0.3, 0.4) is 0 Å². The molecule has 0 aliphatic carbocycles. The van der Waals surface area contributed by atoms with Gasteiger partial charge in [0.15, 0.2) is 5.76 Å². The Morgan fingerprint density at radius 2 is 2.32 bits per heavy atom. The SMILES string of the molecule is Cc1cc(C2CCCN2C(=O)NCc2ccc(OC(C)C)nc2)on1. The molecule has 0 spiro atoms. The predicted octanol–water partition coefficient (Wildman–Crippen LogP) is 3.21. The molecule has 1 aliphatic heterocycles. The second kappa shape index (κ2) is 7.55. The van der Waals surface area contributed by atoms with Gasteiger partial charge in [0.25, 0.3) is 0 Å². The highest BCUT2D eigenvalue weighted by Gasteiger charge is 2.32. The van der Waals surface area contributed by atoms with Crippen molar-refractivity contribution in [2.75, 3.05) is 6.54 Å². The average Bonchev–Trinajstić information content (AvgIpc) is 3.22. The van der Waals surface area contributed by atoms with Crippen LogP contribution in [0.2, 0.25) is 0 Å². The molecule has 3 rings (SSSR count). The first kappa shape index (κ1) is 17.3. The van der Waals surface area contributed by atoms with Crippen molar-refractivity contribution in [1.82, 2.24) is 20.4 Å². The van der Waals surface area contributed by atoms with Gasteiger partial charge in [0.2, 0.25) is 5.88 Å². The minimum Gasteiger partial charge on any atom is -0.475 e. The number of aryl methyl sites for hydroxylation is 1. The molecule has 7 heteroatoms. The molecule has 1 aliphatic rings. The fraction of sp³-hybridized carbons (Fsp3) is 0.500. The largest absolute Gasteiger partial charge is 0.475 e. The topological polar surface area (TPSA) is 80.5 Å². The molecule has 0 bridgehead atoms. The minimum atomic E-state index is -0.0981. The van der Waals surface area contributed by atoms with E-state index in [0.29, 0.717) is 12.4 Å². The molecule has 1 atom stereocenters. The molecule has 2 amide bonds. The van der Waals surface area contributed by atoms with Gasteiger partial charge in [-0.25, -0.2) is 9.78 Å². The van der Waals surface area contributed by atoms with Crippen LogP contribution in [0.15, 0.2) is 28.9 Å². The molecule has 1 N–H and O–H groups in total. The van der Waals surface area contributed by atoms with E-state index >= 15 is 0 Å². The van der Waals surface area contributed by atoms with Gasteiger partial charge in [-0.1, -0.05) is 11.2 Å². The standard InChI is InChI=1S/C18H24N4O3/c1-12(2)24-17-7-6-14(10-19-17)11-20-18(23)22-8-4-5-15(22)16-9-13(3)21-25-16/h6-7,9-10,12,15H,4-5,8,11H2,1-3H3,(H,20,23). The lowest BCUT2D eigenvalue weighted by Crippen LogP contribution is -2.39. The summed E-state index contributed by atoms with van der Waals surface area (Å²) in [5.41, 5.74) is 1.76. The fourth-order valence-electron chi connectivity index (χ4n) is 2.95. The summed E-state index contributed by atoms with van der Waals surface area (Å²) in [5.74, 6) is 1.34. The number of nitrogens with one attached hydrogen (secondary N) is 1. The molecule has 25 heavy (non-hydrogen) atoms. The number of pyridine rings is 1. The van der Waals surface area contributed by atoms with Crippen LogP contribution < -0.4 is 10.1 Å². The lowest BCUT2D eigenvalue weighted by atomic mass is 10.1. The molecule has 1 fully saturated rings. The van der Waals surface area contributed by atoms with Gasteiger partial charge in [0.1, 0.15) is 0 Å². The molecular formula is C18H24N4O3. The van der Waals surface area contributed by atoms with Crippen LogP contribution in [0.5, 0.6) is 5.88 Å². The lowest BCUT2D eigenvalue weighted by Gasteiger charge is -2.23. The van der Waals surface area contributed by atoms with Crippen LogP contribution in [0.1, 0.15) is 49.7 Å². The zero-order valence-corrected chi connectivity index (χ0v) is 14.9. The summed E-state index contributed by atoms with van der Waals surface area (Å²) in [6.45, 7) is 6.94. The van der Waals surface area contributed by atoms with Crippen LogP contribution in [-0.4, -0.2) is 33.7 Å². The van der Waals surface area contributed by atoms with Crippen LogP contribution >= 0.6 is 0 Å². The summed E-state index contributed by atoms with van der Waals surface area (Å²) in [7, 11) is 0. The van der Waals surface area contributed by atoms with Crippen molar-refractivity contribution in [3.05, 3.63) is 41.4 Å². The second-order valence-electron chi connectivity index (χ2n) is 6.55. The molecular weight excluding hydrogens is 320 g/mol. The fourth-order valence-corrected chi connectivity index (χ4v) is 2.95. The maximum atomic E-state index is 12.5. The van der Waals surface area contributed by atoms with E-state index in [0.717, 1.165) is 36.4 Å². The van der Waals surface area contributed by atoms with Gasteiger partial charge in [-0.2, -0.15) is 0 Å². The Kier molecular flexibility index (Phi) is 5.21. The van der Waals surface area contributed by atoms with Gasteiger partial charge in [0, 0.05) is 31.4 Å². The summed E-state index contributed by atoms with van der Waals surface area (Å²) < 4.78 is 10.9. The molecule has 3 heterocycles. The minimum absolute atomic E-state index is 0.0406. The highest BCUT2D eigenvalue weighted by Crippen LogP contribution is 2.32. The number of ether oxygens (including phenoxy) is 1. The monoisotopic (exact) mass is 344 g/mol. The number of rotatable bonds is 5. The van der Waals surface area contributed by atoms with Crippen molar-refractivity contribution >= 4 is 6.03 Å². The number of hydrogen-bond donors (Lipinski definition) is 1. The number of carbonyl (C=O) groups excluding carboxylic acids is 1. The normalized spacial score (nSPS) is 17.1. The molecule has 0 saturated carbocycles. The van der Waals surface area contributed by atoms with Crippen molar-refractivity contribution in [2.24, 2.45) is 0 Å². The number of likely N-dealkylation sites (tertiary alicyclic amines) is 1. The Labute approximate surface area is 147 Å². The van der Waals surface area contributed by atoms with Gasteiger partial charge in [-0.3, -0.25) is 0 Å². The first-order valence-electron chi connectivity index (χ1n) is 8.62. The van der Waals surface area contributed by atoms with Crippen LogP contribution in [0.4, 0.5) is 4.79 Å². The summed E-state index contributed by atoms with van der Waals surface area (Å²) in [5, 5.41) is 6.88. The van der Waals surface area contributed by atoms with E-state index in [1.165, 1.54) is 0 Å². The Hall–Kier alpha value is -2.57. The maximum absolute atomic E-state index is 12.5. The highest BCUT2D eigenvalue weighted by atomic mass is 16.5. The smallest absolute Gasteiger partial charge is 0.318 e. The van der Waals surface area contributed by atoms with E-state index in [1.807, 2.05) is 43.9 Å². The van der Waals surface area contributed by atoms with E-state index in [2.05, 4.69) is 15.5 Å². The maximum Gasteiger partial charge on any atom is 0.318 e. The molecule has 7 nitrogen and oxygen atoms in total. The number of amides is 2. The summed E-state index contributed by atoms with van der Waals surface area (Å²) in [6, 6.07) is 5.48. The lowest BCUT2D eigenvalue weighted by molar-refractivity contribution is 0.182. The van der Waals surface area contributed by atoms with E-state index in [-0.39, 0.29) is 18.2 Å². The van der Waals surface area contributed by atoms with Crippen LogP contribution in [-0.2, 0) is 6.54 Å². The van der Waals surface area contributed by atoms with Crippen molar-refractivity contribution in [2.45, 2.75) is 52.3 Å². The molecule has 2 aromatic heterocycles. The van der Waals surface area contributed by atoms with Gasteiger partial charge in [0.05, 0.1) is 17.8 Å². The number of hydrogen-bond acceptors (Lipinski definition) is 5. The van der Waals surface area contributed by atoms with E-state index in [9.17, 15) is 4.79 Å². The predicted molar refractivity (Wildman–Crippen MR) is 92.2 cm³/mol. The second-order valence-corrected chi connectivity index (χ2v) is 6.55. The van der Waals surface area contributed by atoms with Crippen molar-refractivity contribution in [1.29, 1.82) is 0 Å². The van der Waals surface area contributed by atoms with Crippen LogP contribution in [0.25, 0.3) is 0 Å². The van der Waals surface area contributed by atoms with E-state index in [4.69, 9.17) is 9.26 Å². The third-order valence-corrected chi connectivity index (χ3v) is 4.09. The van der Waals surface area contributed by atoms with Gasteiger partial charge in [-0.15, -0.1) is 0 Å². The summed E-state index contributed by atoms with van der Waals surface area (Å²) >= 11 is 0. The number of aromatic nitrogens is 2. The Morgan fingerprint density at radius 3 is 2.96 bits per heavy atom. The quantitative estimate of drug-likeness (QED) is 0.901. The van der Waals surface area contributed by atoms with Gasteiger partial charge < -0.3 is 19.5 Å². The molecule has 2 aromatic rings. The Balaban J connectivity index is 1.56. The molecule has 1 saturated heterocycles. The molecule has 134 valence electrons. The van der Waals surface area contributed by atoms with E-state index < -0.39 is 0 Å². The zero-order chi connectivity index (χ0) is 17.8. The Bertz CT molecular complexity index is 711. The first-order chi connectivity index (χ1) is 12.0. The van der Waals surface area contributed by atoms with E-state index in [1.54, 1.807) is 6.20 Å². The van der Waals surface area contributed by atoms with Gasteiger partial charge >= 0.3 is 6.03 Å². The zero-order valence-electron chi connectivity index (χ0n) is 14.9. The third kappa shape index (κ3) is 4.29. The van der Waals surface area contributed by atoms with Crippen LogP contribution in [0, 0.1) is 6.92 Å². The average molecular weight is 344 g/mol.